The highest BCUT2D eigenvalue weighted by Gasteiger charge is 2.32. The van der Waals surface area contributed by atoms with E-state index in [9.17, 15) is 17.6 Å². The first-order chi connectivity index (χ1) is 13.2. The first-order valence-electron chi connectivity index (χ1n) is 9.00. The Labute approximate surface area is 164 Å². The number of sulfonamides is 1. The fraction of sp³-hybridized carbons (Fsp3) is 0.350. The molecule has 2 aromatic rings. The van der Waals surface area contributed by atoms with Gasteiger partial charge in [-0.25, -0.2) is 12.8 Å². The molecule has 1 N–H and O–H groups in total. The normalized spacial score (nSPS) is 20.7. The Bertz CT molecular complexity index is 966. The number of carbonyl (C=O) groups is 1. The summed E-state index contributed by atoms with van der Waals surface area (Å²) in [5.74, 6) is -0.774. The van der Waals surface area contributed by atoms with Gasteiger partial charge in [0, 0.05) is 24.3 Å². The maximum Gasteiger partial charge on any atom is 0.255 e. The summed E-state index contributed by atoms with van der Waals surface area (Å²) in [5.41, 5.74) is 1.41. The molecule has 3 rings (SSSR count). The van der Waals surface area contributed by atoms with Crippen LogP contribution in [0.3, 0.4) is 0 Å². The molecule has 0 radical (unpaired) electrons. The van der Waals surface area contributed by atoms with Gasteiger partial charge in [-0.05, 0) is 68.8 Å². The standard InChI is InChI=1S/C20H23FN2O4S/c1-13-10-17(21)6-9-19(13)22-20(24)16-4-7-18(8-5-16)28(25,26)23-11-14(2)27-15(3)12-23/h4-10,14-15H,11-12H2,1-3H3,(H,22,24)/t14-,15-/m0/s1. The molecule has 0 spiro atoms. The van der Waals surface area contributed by atoms with E-state index in [1.54, 1.807) is 6.92 Å². The highest BCUT2D eigenvalue weighted by Crippen LogP contribution is 2.22. The molecule has 1 heterocycles. The van der Waals surface area contributed by atoms with Crippen molar-refractivity contribution in [2.45, 2.75) is 37.9 Å². The van der Waals surface area contributed by atoms with E-state index in [4.69, 9.17) is 4.74 Å². The minimum Gasteiger partial charge on any atom is -0.373 e. The van der Waals surface area contributed by atoms with Gasteiger partial charge in [-0.15, -0.1) is 0 Å². The van der Waals surface area contributed by atoms with Crippen LogP contribution in [0.2, 0.25) is 0 Å². The predicted octanol–water partition coefficient (Wildman–Crippen LogP) is 3.18. The maximum absolute atomic E-state index is 13.2. The molecule has 2 atom stereocenters. The number of halogens is 1. The number of nitrogens with zero attached hydrogens (tertiary/aromatic N) is 1. The van der Waals surface area contributed by atoms with Crippen LogP contribution in [-0.4, -0.2) is 43.9 Å². The van der Waals surface area contributed by atoms with Crippen LogP contribution >= 0.6 is 0 Å². The number of aryl methyl sites for hydroxylation is 1. The Kier molecular flexibility index (Phi) is 5.83. The second-order valence-electron chi connectivity index (χ2n) is 7.02. The van der Waals surface area contributed by atoms with Gasteiger partial charge in [0.15, 0.2) is 0 Å². The van der Waals surface area contributed by atoms with E-state index in [1.807, 2.05) is 13.8 Å². The molecule has 2 aromatic carbocycles. The Balaban J connectivity index is 1.76. The molecule has 1 amide bonds. The number of nitrogens with one attached hydrogen (secondary N) is 1. The van der Waals surface area contributed by atoms with E-state index in [0.29, 0.717) is 29.9 Å². The summed E-state index contributed by atoms with van der Waals surface area (Å²) in [6.45, 7) is 5.95. The van der Waals surface area contributed by atoms with Gasteiger partial charge in [-0.1, -0.05) is 0 Å². The number of carbonyl (C=O) groups excluding carboxylic acids is 1. The zero-order chi connectivity index (χ0) is 20.5. The van der Waals surface area contributed by atoms with Gasteiger partial charge in [-0.3, -0.25) is 4.79 Å². The van der Waals surface area contributed by atoms with Gasteiger partial charge in [0.05, 0.1) is 17.1 Å². The summed E-state index contributed by atoms with van der Waals surface area (Å²) in [7, 11) is -3.66. The highest BCUT2D eigenvalue weighted by molar-refractivity contribution is 7.89. The molecule has 0 saturated carbocycles. The fourth-order valence-corrected chi connectivity index (χ4v) is 4.81. The van der Waals surface area contributed by atoms with E-state index >= 15 is 0 Å². The summed E-state index contributed by atoms with van der Waals surface area (Å²) in [4.78, 5) is 12.5. The lowest BCUT2D eigenvalue weighted by molar-refractivity contribution is -0.0440. The molecule has 8 heteroatoms. The van der Waals surface area contributed by atoms with E-state index in [2.05, 4.69) is 5.32 Å². The minimum absolute atomic E-state index is 0.128. The average molecular weight is 406 g/mol. The molecular weight excluding hydrogens is 383 g/mol. The van der Waals surface area contributed by atoms with Crippen LogP contribution in [0.4, 0.5) is 10.1 Å². The Morgan fingerprint density at radius 2 is 1.71 bits per heavy atom. The van der Waals surface area contributed by atoms with Crippen LogP contribution in [0, 0.1) is 12.7 Å². The minimum atomic E-state index is -3.66. The van der Waals surface area contributed by atoms with Gasteiger partial charge in [0.25, 0.3) is 5.91 Å². The van der Waals surface area contributed by atoms with E-state index in [0.717, 1.165) is 0 Å². The molecule has 1 saturated heterocycles. The van der Waals surface area contributed by atoms with Crippen LogP contribution in [0.5, 0.6) is 0 Å². The first-order valence-corrected chi connectivity index (χ1v) is 10.4. The topological polar surface area (TPSA) is 75.7 Å². The van der Waals surface area contributed by atoms with Crippen molar-refractivity contribution in [3.05, 3.63) is 59.4 Å². The summed E-state index contributed by atoms with van der Waals surface area (Å²) < 4.78 is 45.9. The Hall–Kier alpha value is -2.29. The summed E-state index contributed by atoms with van der Waals surface area (Å²) in [5, 5.41) is 2.70. The van der Waals surface area contributed by atoms with Crippen LogP contribution < -0.4 is 5.32 Å². The molecular formula is C20H23FN2O4S. The lowest BCUT2D eigenvalue weighted by Gasteiger charge is -2.34. The van der Waals surface area contributed by atoms with Crippen molar-refractivity contribution in [2.24, 2.45) is 0 Å². The molecule has 1 fully saturated rings. The summed E-state index contributed by atoms with van der Waals surface area (Å²) in [6, 6.07) is 9.86. The van der Waals surface area contributed by atoms with Crippen molar-refractivity contribution in [2.75, 3.05) is 18.4 Å². The summed E-state index contributed by atoms with van der Waals surface area (Å²) >= 11 is 0. The van der Waals surface area contributed by atoms with E-state index < -0.39 is 15.9 Å². The zero-order valence-corrected chi connectivity index (χ0v) is 16.8. The molecule has 6 nitrogen and oxygen atoms in total. The molecule has 1 aliphatic rings. The van der Waals surface area contributed by atoms with Crippen molar-refractivity contribution in [3.8, 4) is 0 Å². The smallest absolute Gasteiger partial charge is 0.255 e. The van der Waals surface area contributed by atoms with Crippen LogP contribution in [0.15, 0.2) is 47.4 Å². The second kappa shape index (κ2) is 7.98. The molecule has 1 aliphatic heterocycles. The summed E-state index contributed by atoms with van der Waals surface area (Å²) in [6.07, 6.45) is -0.356. The van der Waals surface area contributed by atoms with Crippen LogP contribution in [0.25, 0.3) is 0 Å². The number of ether oxygens (including phenoxy) is 1. The Morgan fingerprint density at radius 1 is 1.11 bits per heavy atom. The lowest BCUT2D eigenvalue weighted by Crippen LogP contribution is -2.48. The van der Waals surface area contributed by atoms with E-state index in [-0.39, 0.29) is 22.9 Å². The van der Waals surface area contributed by atoms with Crippen LogP contribution in [-0.2, 0) is 14.8 Å². The second-order valence-corrected chi connectivity index (χ2v) is 8.96. The van der Waals surface area contributed by atoms with Gasteiger partial charge >= 0.3 is 0 Å². The predicted molar refractivity (Wildman–Crippen MR) is 104 cm³/mol. The Morgan fingerprint density at radius 3 is 2.29 bits per heavy atom. The molecule has 0 unspecified atom stereocenters. The number of hydrogen-bond donors (Lipinski definition) is 1. The van der Waals surface area contributed by atoms with Gasteiger partial charge < -0.3 is 10.1 Å². The zero-order valence-electron chi connectivity index (χ0n) is 16.0. The third-order valence-corrected chi connectivity index (χ3v) is 6.42. The quantitative estimate of drug-likeness (QED) is 0.846. The number of amides is 1. The van der Waals surface area contributed by atoms with Gasteiger partial charge in [0.1, 0.15) is 5.82 Å². The number of anilines is 1. The average Bonchev–Trinajstić information content (AvgIpc) is 2.63. The largest absolute Gasteiger partial charge is 0.373 e. The third-order valence-electron chi connectivity index (χ3n) is 4.58. The SMILES string of the molecule is Cc1cc(F)ccc1NC(=O)c1ccc(S(=O)(=O)N2C[C@H](C)O[C@@H](C)C2)cc1. The van der Waals surface area contributed by atoms with E-state index in [1.165, 1.54) is 46.8 Å². The number of rotatable bonds is 4. The molecule has 0 aliphatic carbocycles. The molecule has 150 valence electrons. The highest BCUT2D eigenvalue weighted by atomic mass is 32.2. The first kappa shape index (κ1) is 20.4. The molecule has 0 bridgehead atoms. The number of benzene rings is 2. The van der Waals surface area contributed by atoms with Crippen molar-refractivity contribution in [1.82, 2.24) is 4.31 Å². The van der Waals surface area contributed by atoms with Crippen molar-refractivity contribution >= 4 is 21.6 Å². The lowest BCUT2D eigenvalue weighted by atomic mass is 10.1. The number of hydrogen-bond acceptors (Lipinski definition) is 4. The fourth-order valence-electron chi connectivity index (χ4n) is 3.22. The number of morpholine rings is 1. The third kappa shape index (κ3) is 4.40. The maximum atomic E-state index is 13.2. The van der Waals surface area contributed by atoms with Crippen LogP contribution in [0.1, 0.15) is 29.8 Å². The van der Waals surface area contributed by atoms with Gasteiger partial charge in [-0.2, -0.15) is 4.31 Å². The van der Waals surface area contributed by atoms with Crippen molar-refractivity contribution in [1.29, 1.82) is 0 Å². The van der Waals surface area contributed by atoms with Crippen molar-refractivity contribution in [3.63, 3.8) is 0 Å². The van der Waals surface area contributed by atoms with Gasteiger partial charge in [0.2, 0.25) is 10.0 Å². The molecule has 0 aromatic heterocycles. The van der Waals surface area contributed by atoms with Crippen molar-refractivity contribution < 1.29 is 22.3 Å². The monoisotopic (exact) mass is 406 g/mol. The molecule has 28 heavy (non-hydrogen) atoms.